The molecule has 0 aromatic rings. The van der Waals surface area contributed by atoms with Gasteiger partial charge < -0.3 is 20.3 Å². The van der Waals surface area contributed by atoms with Crippen LogP contribution in [0.1, 0.15) is 34.1 Å². The molecule has 0 heterocycles. The van der Waals surface area contributed by atoms with Gasteiger partial charge in [0.15, 0.2) is 0 Å². The van der Waals surface area contributed by atoms with Crippen LogP contribution in [0.15, 0.2) is 0 Å². The molecule has 7 heteroatoms. The summed E-state index contributed by atoms with van der Waals surface area (Å²) in [5, 5.41) is 20.5. The average Bonchev–Trinajstić information content (AvgIpc) is 2.30. The maximum atomic E-state index is 12.0. The fraction of sp³-hybridized carbons (Fsp3) is 0.857. The fourth-order valence-electron chi connectivity index (χ4n) is 2.16. The van der Waals surface area contributed by atoms with Crippen LogP contribution in [-0.4, -0.2) is 48.5 Å². The van der Waals surface area contributed by atoms with E-state index in [1.54, 1.807) is 6.92 Å². The summed E-state index contributed by atoms with van der Waals surface area (Å²) in [5.41, 5.74) is -0.486. The maximum absolute atomic E-state index is 12.0. The predicted octanol–water partition coefficient (Wildman–Crippen LogP) is 0.882. The minimum atomic E-state index is -0.959. The van der Waals surface area contributed by atoms with Crippen LogP contribution >= 0.6 is 0 Å². The van der Waals surface area contributed by atoms with E-state index < -0.39 is 23.2 Å². The van der Waals surface area contributed by atoms with E-state index in [0.717, 1.165) is 0 Å². The third-order valence-corrected chi connectivity index (χ3v) is 3.11. The number of carboxylic acid groups (broad SMARTS) is 1. The summed E-state index contributed by atoms with van der Waals surface area (Å²) in [6.45, 7) is 8.29. The van der Waals surface area contributed by atoms with Gasteiger partial charge in [-0.2, -0.15) is 0 Å². The second-order valence-electron chi connectivity index (χ2n) is 5.95. The Hall–Kier alpha value is -0.0361. The zero-order valence-corrected chi connectivity index (χ0v) is 16.2. The summed E-state index contributed by atoms with van der Waals surface area (Å²) in [5.74, 6) is -2.58. The molecule has 0 saturated carbocycles. The molecule has 1 amide bonds. The third kappa shape index (κ3) is 9.56. The number of carbonyl (C=O) groups is 2. The Morgan fingerprint density at radius 1 is 1.24 bits per heavy atom. The first-order valence-corrected chi connectivity index (χ1v) is 6.91. The Morgan fingerprint density at radius 2 is 1.81 bits per heavy atom. The van der Waals surface area contributed by atoms with Crippen molar-refractivity contribution in [2.75, 3.05) is 26.4 Å². The molecule has 0 bridgehead atoms. The van der Waals surface area contributed by atoms with Crippen molar-refractivity contribution in [1.82, 2.24) is 5.32 Å². The van der Waals surface area contributed by atoms with Gasteiger partial charge in [0.2, 0.25) is 5.91 Å². The van der Waals surface area contributed by atoms with Crippen molar-refractivity contribution in [3.05, 3.63) is 0 Å². The normalized spacial score (nSPS) is 14.0. The molecule has 0 aliphatic rings. The van der Waals surface area contributed by atoms with E-state index in [1.165, 1.54) is 0 Å². The van der Waals surface area contributed by atoms with Gasteiger partial charge in [0.25, 0.3) is 0 Å². The molecule has 6 nitrogen and oxygen atoms in total. The standard InChI is InChI=1S/C14H27NO5.Y/c1-10(11(13(18)19)14(2,3)4)12(17)15-6-9-20-8-5-7-16;/h10-11,16H,5-9H2,1-4H3,(H,15,17)(H,18,19);. The number of carboxylic acids is 1. The number of carbonyl (C=O) groups excluding carboxylic acids is 1. The molecule has 0 saturated heterocycles. The molecule has 2 atom stereocenters. The first kappa shape index (κ1) is 23.2. The van der Waals surface area contributed by atoms with Gasteiger partial charge in [-0.1, -0.05) is 27.7 Å². The number of aliphatic hydroxyl groups is 1. The van der Waals surface area contributed by atoms with Gasteiger partial charge in [-0.25, -0.2) is 0 Å². The number of hydrogen-bond acceptors (Lipinski definition) is 4. The molecule has 121 valence electrons. The van der Waals surface area contributed by atoms with Crippen LogP contribution in [0.2, 0.25) is 0 Å². The van der Waals surface area contributed by atoms with Gasteiger partial charge in [0.05, 0.1) is 12.5 Å². The molecule has 1 radical (unpaired) electrons. The zero-order chi connectivity index (χ0) is 15.8. The van der Waals surface area contributed by atoms with Crippen molar-refractivity contribution in [3.63, 3.8) is 0 Å². The molecule has 0 aromatic carbocycles. The Labute approximate surface area is 151 Å². The predicted molar refractivity (Wildman–Crippen MR) is 75.3 cm³/mol. The second-order valence-corrected chi connectivity index (χ2v) is 5.95. The van der Waals surface area contributed by atoms with Crippen LogP contribution in [-0.2, 0) is 47.0 Å². The van der Waals surface area contributed by atoms with Crippen molar-refractivity contribution in [3.8, 4) is 0 Å². The van der Waals surface area contributed by atoms with Crippen molar-refractivity contribution < 1.29 is 57.2 Å². The summed E-state index contributed by atoms with van der Waals surface area (Å²) in [7, 11) is 0. The van der Waals surface area contributed by atoms with Crippen LogP contribution in [0.25, 0.3) is 0 Å². The van der Waals surface area contributed by atoms with Crippen LogP contribution in [0.5, 0.6) is 0 Å². The largest absolute Gasteiger partial charge is 0.481 e. The van der Waals surface area contributed by atoms with Crippen LogP contribution < -0.4 is 5.32 Å². The maximum Gasteiger partial charge on any atom is 0.307 e. The van der Waals surface area contributed by atoms with Gasteiger partial charge in [-0.05, 0) is 11.8 Å². The average molecular weight is 378 g/mol. The van der Waals surface area contributed by atoms with E-state index in [1.807, 2.05) is 20.8 Å². The van der Waals surface area contributed by atoms with Gasteiger partial charge >= 0.3 is 5.97 Å². The quantitative estimate of drug-likeness (QED) is 0.518. The fourth-order valence-corrected chi connectivity index (χ4v) is 2.16. The van der Waals surface area contributed by atoms with E-state index in [-0.39, 0.29) is 45.2 Å². The Morgan fingerprint density at radius 3 is 2.24 bits per heavy atom. The molecule has 0 rings (SSSR count). The van der Waals surface area contributed by atoms with E-state index in [9.17, 15) is 14.7 Å². The summed E-state index contributed by atoms with van der Waals surface area (Å²) >= 11 is 0. The first-order valence-electron chi connectivity index (χ1n) is 6.91. The molecule has 21 heavy (non-hydrogen) atoms. The summed E-state index contributed by atoms with van der Waals surface area (Å²) in [6, 6.07) is 0. The number of nitrogens with one attached hydrogen (secondary N) is 1. The van der Waals surface area contributed by atoms with E-state index in [0.29, 0.717) is 26.2 Å². The van der Waals surface area contributed by atoms with Gasteiger partial charge in [-0.3, -0.25) is 9.59 Å². The van der Waals surface area contributed by atoms with E-state index in [2.05, 4.69) is 5.32 Å². The number of ether oxygens (including phenoxy) is 1. The molecule has 0 fully saturated rings. The van der Waals surface area contributed by atoms with E-state index in [4.69, 9.17) is 9.84 Å². The van der Waals surface area contributed by atoms with Crippen LogP contribution in [0, 0.1) is 17.3 Å². The Balaban J connectivity index is 0. The third-order valence-electron chi connectivity index (χ3n) is 3.11. The summed E-state index contributed by atoms with van der Waals surface area (Å²) in [6.07, 6.45) is 0.565. The SMILES string of the molecule is CC(C(=O)NCCOCCCO)C(C(=O)O)C(C)(C)C.[Y]. The monoisotopic (exact) mass is 378 g/mol. The van der Waals surface area contributed by atoms with Crippen molar-refractivity contribution in [1.29, 1.82) is 0 Å². The van der Waals surface area contributed by atoms with Crippen molar-refractivity contribution in [2.24, 2.45) is 17.3 Å². The second kappa shape index (κ2) is 11.5. The molecule has 3 N–H and O–H groups in total. The molecule has 0 aliphatic carbocycles. The molecule has 0 spiro atoms. The molecule has 0 aliphatic heterocycles. The van der Waals surface area contributed by atoms with Gasteiger partial charge in [0.1, 0.15) is 0 Å². The number of aliphatic carboxylic acids is 1. The van der Waals surface area contributed by atoms with Crippen LogP contribution in [0.3, 0.4) is 0 Å². The molecular formula is C14H27NO5Y. The Kier molecular flexibility index (Phi) is 12.7. The number of hydrogen-bond donors (Lipinski definition) is 3. The first-order chi connectivity index (χ1) is 9.21. The smallest absolute Gasteiger partial charge is 0.307 e. The molecule has 2 unspecified atom stereocenters. The molecular weight excluding hydrogens is 351 g/mol. The van der Waals surface area contributed by atoms with Gasteiger partial charge in [0, 0.05) is 58.4 Å². The number of rotatable bonds is 9. The summed E-state index contributed by atoms with van der Waals surface area (Å²) < 4.78 is 5.19. The number of amides is 1. The summed E-state index contributed by atoms with van der Waals surface area (Å²) in [4.78, 5) is 23.3. The zero-order valence-electron chi connectivity index (χ0n) is 13.4. The topological polar surface area (TPSA) is 95.9 Å². The van der Waals surface area contributed by atoms with Crippen LogP contribution in [0.4, 0.5) is 0 Å². The van der Waals surface area contributed by atoms with Crippen molar-refractivity contribution >= 4 is 11.9 Å². The number of aliphatic hydroxyl groups excluding tert-OH is 1. The van der Waals surface area contributed by atoms with E-state index >= 15 is 0 Å². The van der Waals surface area contributed by atoms with Crippen molar-refractivity contribution in [2.45, 2.75) is 34.1 Å². The minimum Gasteiger partial charge on any atom is -0.481 e. The minimum absolute atomic E-state index is 0. The molecule has 0 aromatic heterocycles. The Bertz CT molecular complexity index is 317. The van der Waals surface area contributed by atoms with Gasteiger partial charge in [-0.15, -0.1) is 0 Å².